The molecule has 0 unspecified atom stereocenters. The summed E-state index contributed by atoms with van der Waals surface area (Å²) in [6.07, 6.45) is 1.52. The Bertz CT molecular complexity index is 952. The van der Waals surface area contributed by atoms with Gasteiger partial charge in [0, 0.05) is 17.8 Å². The van der Waals surface area contributed by atoms with Crippen molar-refractivity contribution in [1.82, 2.24) is 9.78 Å². The predicted octanol–water partition coefficient (Wildman–Crippen LogP) is 2.26. The van der Waals surface area contributed by atoms with E-state index in [-0.39, 0.29) is 10.6 Å². The lowest BCUT2D eigenvalue weighted by atomic mass is 10.3. The minimum absolute atomic E-state index is 0.0000108. The van der Waals surface area contributed by atoms with Crippen LogP contribution >= 0.6 is 0 Å². The van der Waals surface area contributed by atoms with Gasteiger partial charge in [0.2, 0.25) is 0 Å². The fourth-order valence-electron chi connectivity index (χ4n) is 2.25. The molecule has 0 bridgehead atoms. The molecule has 124 valence electrons. The third-order valence-corrected chi connectivity index (χ3v) is 4.75. The van der Waals surface area contributed by atoms with Gasteiger partial charge in [-0.05, 0) is 24.3 Å². The largest absolute Gasteiger partial charge is 0.495 e. The zero-order valence-electron chi connectivity index (χ0n) is 12.9. The van der Waals surface area contributed by atoms with Gasteiger partial charge in [0.15, 0.2) is 0 Å². The second-order valence-corrected chi connectivity index (χ2v) is 6.63. The Morgan fingerprint density at radius 1 is 1.12 bits per heavy atom. The summed E-state index contributed by atoms with van der Waals surface area (Å²) in [5.41, 5.74) is 6.83. The lowest BCUT2D eigenvalue weighted by Gasteiger charge is -2.13. The Morgan fingerprint density at radius 3 is 2.58 bits per heavy atom. The van der Waals surface area contributed by atoms with Crippen LogP contribution in [-0.4, -0.2) is 25.3 Å². The third-order valence-electron chi connectivity index (χ3n) is 3.36. The van der Waals surface area contributed by atoms with E-state index in [4.69, 9.17) is 10.5 Å². The molecule has 3 aromatic rings. The second-order valence-electron chi connectivity index (χ2n) is 4.98. The first-order chi connectivity index (χ1) is 11.5. The second kappa shape index (κ2) is 6.25. The normalized spacial score (nSPS) is 11.2. The van der Waals surface area contributed by atoms with Crippen molar-refractivity contribution in [3.8, 4) is 11.4 Å². The molecule has 8 heteroatoms. The van der Waals surface area contributed by atoms with Crippen LogP contribution in [-0.2, 0) is 10.0 Å². The highest BCUT2D eigenvalue weighted by Crippen LogP contribution is 2.28. The molecular weight excluding hydrogens is 328 g/mol. The minimum atomic E-state index is -3.86. The Hall–Kier alpha value is -3.00. The first kappa shape index (κ1) is 15.9. The van der Waals surface area contributed by atoms with Crippen LogP contribution in [0.15, 0.2) is 65.7 Å². The van der Waals surface area contributed by atoms with Gasteiger partial charge in [-0.1, -0.05) is 18.2 Å². The SMILES string of the molecule is COc1cc(N)ccc1S(=O)(=O)Nc1ccnn1-c1ccccc1. The summed E-state index contributed by atoms with van der Waals surface area (Å²) in [7, 11) is -2.47. The third kappa shape index (κ3) is 3.04. The molecule has 0 aliphatic heterocycles. The topological polar surface area (TPSA) is 99.2 Å². The molecular formula is C16H16N4O3S. The van der Waals surface area contributed by atoms with E-state index in [9.17, 15) is 8.42 Å². The Kier molecular flexibility index (Phi) is 4.13. The summed E-state index contributed by atoms with van der Waals surface area (Å²) in [5.74, 6) is 0.494. The number of methoxy groups -OCH3 is 1. The number of nitrogens with one attached hydrogen (secondary N) is 1. The number of aromatic nitrogens is 2. The molecule has 0 atom stereocenters. The molecule has 24 heavy (non-hydrogen) atoms. The number of benzene rings is 2. The number of para-hydroxylation sites is 1. The van der Waals surface area contributed by atoms with Gasteiger partial charge in [-0.3, -0.25) is 4.72 Å². The van der Waals surface area contributed by atoms with E-state index < -0.39 is 10.0 Å². The van der Waals surface area contributed by atoms with Crippen LogP contribution in [0, 0.1) is 0 Å². The smallest absolute Gasteiger partial charge is 0.266 e. The van der Waals surface area contributed by atoms with Gasteiger partial charge in [-0.2, -0.15) is 5.10 Å². The number of ether oxygens (including phenoxy) is 1. The number of anilines is 2. The van der Waals surface area contributed by atoms with Crippen molar-refractivity contribution in [2.75, 3.05) is 17.6 Å². The molecule has 0 saturated heterocycles. The summed E-state index contributed by atoms with van der Waals surface area (Å²) in [6, 6.07) is 15.2. The van der Waals surface area contributed by atoms with Crippen LogP contribution in [0.5, 0.6) is 5.75 Å². The molecule has 0 aliphatic carbocycles. The van der Waals surface area contributed by atoms with E-state index in [1.807, 2.05) is 30.3 Å². The fraction of sp³-hybridized carbons (Fsp3) is 0.0625. The van der Waals surface area contributed by atoms with Crippen molar-refractivity contribution < 1.29 is 13.2 Å². The Balaban J connectivity index is 1.99. The molecule has 0 amide bonds. The predicted molar refractivity (Wildman–Crippen MR) is 91.8 cm³/mol. The van der Waals surface area contributed by atoms with Crippen LogP contribution < -0.4 is 15.2 Å². The number of nitrogens with two attached hydrogens (primary N) is 1. The number of hydrogen-bond donors (Lipinski definition) is 2. The average Bonchev–Trinajstić information content (AvgIpc) is 3.02. The molecule has 1 heterocycles. The molecule has 2 aromatic carbocycles. The van der Waals surface area contributed by atoms with Crippen LogP contribution in [0.25, 0.3) is 5.69 Å². The van der Waals surface area contributed by atoms with Crippen molar-refractivity contribution in [2.45, 2.75) is 4.90 Å². The van der Waals surface area contributed by atoms with E-state index >= 15 is 0 Å². The highest BCUT2D eigenvalue weighted by molar-refractivity contribution is 7.92. The summed E-state index contributed by atoms with van der Waals surface area (Å²) in [4.78, 5) is 0.0000108. The standard InChI is InChI=1S/C16H16N4O3S/c1-23-14-11-12(17)7-8-15(14)24(21,22)19-16-9-10-18-20(16)13-5-3-2-4-6-13/h2-11,19H,17H2,1H3. The van der Waals surface area contributed by atoms with Crippen molar-refractivity contribution in [2.24, 2.45) is 0 Å². The zero-order valence-corrected chi connectivity index (χ0v) is 13.7. The van der Waals surface area contributed by atoms with E-state index in [1.54, 1.807) is 6.07 Å². The monoisotopic (exact) mass is 344 g/mol. The van der Waals surface area contributed by atoms with Gasteiger partial charge in [0.05, 0.1) is 19.0 Å². The molecule has 7 nitrogen and oxygen atoms in total. The highest BCUT2D eigenvalue weighted by atomic mass is 32.2. The lowest BCUT2D eigenvalue weighted by Crippen LogP contribution is -2.16. The van der Waals surface area contributed by atoms with Gasteiger partial charge < -0.3 is 10.5 Å². The van der Waals surface area contributed by atoms with Crippen LogP contribution in [0.3, 0.4) is 0 Å². The molecule has 3 rings (SSSR count). The maximum Gasteiger partial charge on any atom is 0.266 e. The quantitative estimate of drug-likeness (QED) is 0.692. The van der Waals surface area contributed by atoms with Gasteiger partial charge >= 0.3 is 0 Å². The van der Waals surface area contributed by atoms with Crippen molar-refractivity contribution in [1.29, 1.82) is 0 Å². The summed E-state index contributed by atoms with van der Waals surface area (Å²) >= 11 is 0. The van der Waals surface area contributed by atoms with E-state index in [2.05, 4.69) is 9.82 Å². The van der Waals surface area contributed by atoms with E-state index in [0.29, 0.717) is 11.5 Å². The maximum absolute atomic E-state index is 12.7. The Morgan fingerprint density at radius 2 is 1.88 bits per heavy atom. The fourth-order valence-corrected chi connectivity index (χ4v) is 3.45. The number of sulfonamides is 1. The van der Waals surface area contributed by atoms with Crippen molar-refractivity contribution >= 4 is 21.5 Å². The van der Waals surface area contributed by atoms with Gasteiger partial charge in [0.25, 0.3) is 10.0 Å². The van der Waals surface area contributed by atoms with E-state index in [0.717, 1.165) is 5.69 Å². The first-order valence-electron chi connectivity index (χ1n) is 7.07. The van der Waals surface area contributed by atoms with Gasteiger partial charge in [-0.25, -0.2) is 13.1 Å². The average molecular weight is 344 g/mol. The summed E-state index contributed by atoms with van der Waals surface area (Å²) in [6.45, 7) is 0. The van der Waals surface area contributed by atoms with Crippen LogP contribution in [0.2, 0.25) is 0 Å². The molecule has 0 fully saturated rings. The van der Waals surface area contributed by atoms with Crippen molar-refractivity contribution in [3.63, 3.8) is 0 Å². The maximum atomic E-state index is 12.7. The molecule has 0 radical (unpaired) electrons. The summed E-state index contributed by atoms with van der Waals surface area (Å²) < 4.78 is 34.6. The number of rotatable bonds is 5. The molecule has 3 N–H and O–H groups in total. The highest BCUT2D eigenvalue weighted by Gasteiger charge is 2.21. The molecule has 0 aliphatic rings. The first-order valence-corrected chi connectivity index (χ1v) is 8.55. The van der Waals surface area contributed by atoms with Gasteiger partial charge in [-0.15, -0.1) is 0 Å². The van der Waals surface area contributed by atoms with E-state index in [1.165, 1.54) is 36.2 Å². The number of hydrogen-bond acceptors (Lipinski definition) is 5. The van der Waals surface area contributed by atoms with Gasteiger partial charge in [0.1, 0.15) is 16.5 Å². The zero-order chi connectivity index (χ0) is 17.2. The van der Waals surface area contributed by atoms with Crippen molar-refractivity contribution in [3.05, 3.63) is 60.8 Å². The minimum Gasteiger partial charge on any atom is -0.495 e. The molecule has 1 aromatic heterocycles. The number of nitrogen functional groups attached to an aromatic ring is 1. The summed E-state index contributed by atoms with van der Waals surface area (Å²) in [5, 5.41) is 4.16. The molecule has 0 saturated carbocycles. The number of nitrogens with zero attached hydrogens (tertiary/aromatic N) is 2. The van der Waals surface area contributed by atoms with Crippen LogP contribution in [0.4, 0.5) is 11.5 Å². The van der Waals surface area contributed by atoms with Crippen LogP contribution in [0.1, 0.15) is 0 Å². The lowest BCUT2D eigenvalue weighted by molar-refractivity contribution is 0.403. The Labute approximate surface area is 139 Å². The molecule has 0 spiro atoms.